The summed E-state index contributed by atoms with van der Waals surface area (Å²) in [5, 5.41) is 5.43. The molecule has 1 saturated heterocycles. The third-order valence-electron chi connectivity index (χ3n) is 4.09. The number of nitrogens with zero attached hydrogens (tertiary/aromatic N) is 2. The zero-order valence-electron chi connectivity index (χ0n) is 15.3. The monoisotopic (exact) mass is 375 g/mol. The van der Waals surface area contributed by atoms with Crippen LogP contribution in [-0.2, 0) is 16.1 Å². The molecule has 0 radical (unpaired) electrons. The first-order valence-corrected chi connectivity index (χ1v) is 9.72. The van der Waals surface area contributed by atoms with Crippen molar-refractivity contribution in [3.8, 4) is 5.75 Å². The third-order valence-corrected chi connectivity index (χ3v) is 4.89. The van der Waals surface area contributed by atoms with Crippen molar-refractivity contribution < 1.29 is 14.3 Å². The lowest BCUT2D eigenvalue weighted by Crippen LogP contribution is -2.44. The van der Waals surface area contributed by atoms with E-state index >= 15 is 0 Å². The van der Waals surface area contributed by atoms with Gasteiger partial charge in [-0.3, -0.25) is 15.0 Å². The van der Waals surface area contributed by atoms with Crippen LogP contribution in [0, 0.1) is 0 Å². The molecule has 140 valence electrons. The molecule has 1 aromatic carbocycles. The van der Waals surface area contributed by atoms with Crippen molar-refractivity contribution in [3.05, 3.63) is 41.4 Å². The molecule has 1 aliphatic rings. The molecule has 2 heterocycles. The molecule has 7 heteroatoms. The smallest absolute Gasteiger partial charge is 0.266 e. The number of para-hydroxylation sites is 1. The van der Waals surface area contributed by atoms with Crippen LogP contribution in [0.4, 0.5) is 5.13 Å². The van der Waals surface area contributed by atoms with Crippen LogP contribution in [-0.4, -0.2) is 47.2 Å². The first-order valence-electron chi connectivity index (χ1n) is 8.84. The summed E-state index contributed by atoms with van der Waals surface area (Å²) < 4.78 is 11.4. The van der Waals surface area contributed by atoms with Gasteiger partial charge in [0.1, 0.15) is 5.75 Å². The van der Waals surface area contributed by atoms with Crippen molar-refractivity contribution in [2.75, 3.05) is 18.4 Å². The Labute approximate surface area is 158 Å². The summed E-state index contributed by atoms with van der Waals surface area (Å²) in [5.74, 6) is 0.467. The highest BCUT2D eigenvalue weighted by molar-refractivity contribution is 7.13. The topological polar surface area (TPSA) is 63.7 Å². The van der Waals surface area contributed by atoms with Gasteiger partial charge < -0.3 is 9.47 Å². The highest BCUT2D eigenvalue weighted by Gasteiger charge is 2.23. The molecule has 6 nitrogen and oxygen atoms in total. The van der Waals surface area contributed by atoms with Crippen molar-refractivity contribution in [1.29, 1.82) is 0 Å². The minimum Gasteiger partial charge on any atom is -0.481 e. The summed E-state index contributed by atoms with van der Waals surface area (Å²) >= 11 is 1.44. The van der Waals surface area contributed by atoms with Gasteiger partial charge in [-0.25, -0.2) is 4.98 Å². The molecule has 1 fully saturated rings. The number of morpholine rings is 1. The van der Waals surface area contributed by atoms with Crippen LogP contribution in [0.5, 0.6) is 5.75 Å². The summed E-state index contributed by atoms with van der Waals surface area (Å²) in [6, 6.07) is 9.32. The highest BCUT2D eigenvalue weighted by atomic mass is 32.1. The molecule has 2 aromatic rings. The number of anilines is 1. The SMILES string of the molecule is C[C@@H]1CN(Cc2csc(NC(=O)[C@H](C)Oc3ccccc3)n2)C[C@@H](C)O1. The van der Waals surface area contributed by atoms with Gasteiger partial charge in [-0.15, -0.1) is 11.3 Å². The lowest BCUT2D eigenvalue weighted by atomic mass is 10.2. The van der Waals surface area contributed by atoms with E-state index in [1.54, 1.807) is 6.92 Å². The number of nitrogens with one attached hydrogen (secondary N) is 1. The van der Waals surface area contributed by atoms with Gasteiger partial charge in [-0.2, -0.15) is 0 Å². The van der Waals surface area contributed by atoms with Crippen molar-refractivity contribution in [3.63, 3.8) is 0 Å². The van der Waals surface area contributed by atoms with Crippen molar-refractivity contribution in [2.45, 2.75) is 45.6 Å². The number of benzene rings is 1. The fourth-order valence-corrected chi connectivity index (χ4v) is 3.75. The second kappa shape index (κ2) is 8.62. The van der Waals surface area contributed by atoms with Crippen molar-refractivity contribution >= 4 is 22.4 Å². The molecule has 26 heavy (non-hydrogen) atoms. The van der Waals surface area contributed by atoms with E-state index in [-0.39, 0.29) is 18.1 Å². The molecular weight excluding hydrogens is 350 g/mol. The van der Waals surface area contributed by atoms with E-state index in [2.05, 4.69) is 29.0 Å². The Morgan fingerprint density at radius 2 is 2.04 bits per heavy atom. The fraction of sp³-hybridized carbons (Fsp3) is 0.474. The number of carbonyl (C=O) groups is 1. The largest absolute Gasteiger partial charge is 0.481 e. The second-order valence-corrected chi connectivity index (χ2v) is 7.52. The van der Waals surface area contributed by atoms with Crippen molar-refractivity contribution in [2.24, 2.45) is 0 Å². The zero-order chi connectivity index (χ0) is 18.5. The van der Waals surface area contributed by atoms with Gasteiger partial charge in [-0.05, 0) is 32.9 Å². The lowest BCUT2D eigenvalue weighted by Gasteiger charge is -2.34. The van der Waals surface area contributed by atoms with Crippen LogP contribution in [0.25, 0.3) is 0 Å². The number of aromatic nitrogens is 1. The van der Waals surface area contributed by atoms with E-state index < -0.39 is 6.10 Å². The van der Waals surface area contributed by atoms with Crippen LogP contribution in [0.15, 0.2) is 35.7 Å². The molecule has 0 bridgehead atoms. The van der Waals surface area contributed by atoms with Crippen LogP contribution in [0.3, 0.4) is 0 Å². The molecule has 0 unspecified atom stereocenters. The number of hydrogen-bond acceptors (Lipinski definition) is 6. The van der Waals surface area contributed by atoms with E-state index in [1.807, 2.05) is 35.7 Å². The number of carbonyl (C=O) groups excluding carboxylic acids is 1. The average molecular weight is 375 g/mol. The number of ether oxygens (including phenoxy) is 2. The summed E-state index contributed by atoms with van der Waals surface area (Å²) in [6.07, 6.45) is -0.134. The van der Waals surface area contributed by atoms with Gasteiger partial charge in [0.15, 0.2) is 11.2 Å². The molecule has 0 spiro atoms. The first-order chi connectivity index (χ1) is 12.5. The van der Waals surface area contributed by atoms with E-state index in [1.165, 1.54) is 11.3 Å². The van der Waals surface area contributed by atoms with Gasteiger partial charge in [0.2, 0.25) is 0 Å². The molecule has 3 rings (SSSR count). The van der Waals surface area contributed by atoms with Crippen molar-refractivity contribution in [1.82, 2.24) is 9.88 Å². The minimum absolute atomic E-state index is 0.205. The predicted molar refractivity (Wildman–Crippen MR) is 103 cm³/mol. The zero-order valence-corrected chi connectivity index (χ0v) is 16.2. The Kier molecular flexibility index (Phi) is 6.24. The highest BCUT2D eigenvalue weighted by Crippen LogP contribution is 2.20. The molecule has 3 atom stereocenters. The number of amides is 1. The fourth-order valence-electron chi connectivity index (χ4n) is 3.04. The van der Waals surface area contributed by atoms with E-state index in [0.717, 1.165) is 25.3 Å². The van der Waals surface area contributed by atoms with Crippen LogP contribution < -0.4 is 10.1 Å². The number of rotatable bonds is 6. The summed E-state index contributed by atoms with van der Waals surface area (Å²) in [5.41, 5.74) is 0.961. The molecule has 1 N–H and O–H groups in total. The average Bonchev–Trinajstić information content (AvgIpc) is 3.01. The normalized spacial score (nSPS) is 22.0. The van der Waals surface area contributed by atoms with Gasteiger partial charge in [0, 0.05) is 25.0 Å². The van der Waals surface area contributed by atoms with Gasteiger partial charge in [-0.1, -0.05) is 18.2 Å². The minimum atomic E-state index is -0.592. The molecule has 0 saturated carbocycles. The quantitative estimate of drug-likeness (QED) is 0.840. The number of thiazole rings is 1. The summed E-state index contributed by atoms with van der Waals surface area (Å²) in [7, 11) is 0. The Morgan fingerprint density at radius 1 is 1.35 bits per heavy atom. The molecule has 1 amide bonds. The van der Waals surface area contributed by atoms with E-state index in [4.69, 9.17) is 9.47 Å². The third kappa shape index (κ3) is 5.27. The Balaban J connectivity index is 1.52. The van der Waals surface area contributed by atoms with E-state index in [0.29, 0.717) is 10.9 Å². The standard InChI is InChI=1S/C19H25N3O3S/c1-13-9-22(10-14(2)24-13)11-16-12-26-19(20-16)21-18(23)15(3)25-17-7-5-4-6-8-17/h4-8,12-15H,9-11H2,1-3H3,(H,20,21,23)/t13-,14-,15+/m1/s1. The maximum atomic E-state index is 12.3. The van der Waals surface area contributed by atoms with E-state index in [9.17, 15) is 4.79 Å². The molecular formula is C19H25N3O3S. The van der Waals surface area contributed by atoms with Gasteiger partial charge >= 0.3 is 0 Å². The Morgan fingerprint density at radius 3 is 2.73 bits per heavy atom. The molecule has 1 aromatic heterocycles. The lowest BCUT2D eigenvalue weighted by molar-refractivity contribution is -0.122. The van der Waals surface area contributed by atoms with Gasteiger partial charge in [0.05, 0.1) is 17.9 Å². The second-order valence-electron chi connectivity index (χ2n) is 6.66. The Bertz CT molecular complexity index is 712. The van der Waals surface area contributed by atoms with Crippen LogP contribution in [0.1, 0.15) is 26.5 Å². The number of hydrogen-bond donors (Lipinski definition) is 1. The predicted octanol–water partition coefficient (Wildman–Crippen LogP) is 3.16. The maximum Gasteiger partial charge on any atom is 0.266 e. The van der Waals surface area contributed by atoms with Gasteiger partial charge in [0.25, 0.3) is 5.91 Å². The summed E-state index contributed by atoms with van der Waals surface area (Å²) in [4.78, 5) is 19.2. The first kappa shape index (κ1) is 18.8. The van der Waals surface area contributed by atoms with Crippen LogP contribution >= 0.6 is 11.3 Å². The van der Waals surface area contributed by atoms with Crippen LogP contribution in [0.2, 0.25) is 0 Å². The molecule has 1 aliphatic heterocycles. The summed E-state index contributed by atoms with van der Waals surface area (Å²) in [6.45, 7) is 8.46. The maximum absolute atomic E-state index is 12.3. The Hall–Kier alpha value is -1.96. The molecule has 0 aliphatic carbocycles.